The minimum absolute atomic E-state index is 0.0151. The molecule has 4 aromatic rings. The monoisotopic (exact) mass is 488 g/mol. The molecule has 0 radical (unpaired) electrons. The van der Waals surface area contributed by atoms with Gasteiger partial charge in [0.2, 0.25) is 5.89 Å². The van der Waals surface area contributed by atoms with Crippen LogP contribution in [-0.4, -0.2) is 21.6 Å². The quantitative estimate of drug-likeness (QED) is 0.412. The molecule has 0 aliphatic carbocycles. The number of anilines is 1. The highest BCUT2D eigenvalue weighted by atomic mass is 79.9. The summed E-state index contributed by atoms with van der Waals surface area (Å²) in [4.78, 5) is 21.2. The average Bonchev–Trinajstić information content (AvgIpc) is 3.16. The van der Waals surface area contributed by atoms with Crippen molar-refractivity contribution in [3.8, 4) is 28.6 Å². The van der Waals surface area contributed by atoms with Gasteiger partial charge in [-0.25, -0.2) is 13.8 Å². The molecule has 1 N–H and O–H groups in total. The van der Waals surface area contributed by atoms with E-state index in [-0.39, 0.29) is 16.6 Å². The Balaban J connectivity index is 1.98. The number of aromatic nitrogens is 3. The Morgan fingerprint density at radius 1 is 1.17 bits per heavy atom. The molecule has 30 heavy (non-hydrogen) atoms. The van der Waals surface area contributed by atoms with Gasteiger partial charge < -0.3 is 9.73 Å². The van der Waals surface area contributed by atoms with Crippen LogP contribution < -0.4 is 11.0 Å². The Morgan fingerprint density at radius 2 is 1.97 bits per heavy atom. The Kier molecular flexibility index (Phi) is 5.44. The third kappa shape index (κ3) is 3.76. The molecule has 0 atom stereocenters. The van der Waals surface area contributed by atoms with Gasteiger partial charge in [-0.1, -0.05) is 29.3 Å². The Labute approximate surface area is 184 Å². The molecule has 6 nitrogen and oxygen atoms in total. The van der Waals surface area contributed by atoms with Crippen LogP contribution in [0.4, 0.5) is 10.2 Å². The van der Waals surface area contributed by atoms with Crippen molar-refractivity contribution in [3.63, 3.8) is 0 Å². The molecule has 9 heteroatoms. The van der Waals surface area contributed by atoms with Gasteiger partial charge in [0, 0.05) is 24.4 Å². The van der Waals surface area contributed by atoms with Crippen LogP contribution in [0.1, 0.15) is 5.56 Å². The van der Waals surface area contributed by atoms with Gasteiger partial charge in [0.05, 0.1) is 9.50 Å². The van der Waals surface area contributed by atoms with E-state index in [2.05, 4.69) is 31.2 Å². The van der Waals surface area contributed by atoms with Crippen molar-refractivity contribution < 1.29 is 8.81 Å². The molecule has 0 fully saturated rings. The molecule has 2 aromatic carbocycles. The Bertz CT molecular complexity index is 1320. The summed E-state index contributed by atoms with van der Waals surface area (Å²) < 4.78 is 21.9. The van der Waals surface area contributed by atoms with Gasteiger partial charge in [-0.3, -0.25) is 0 Å². The van der Waals surface area contributed by atoms with Gasteiger partial charge in [0.25, 0.3) is 0 Å². The summed E-state index contributed by atoms with van der Waals surface area (Å²) in [5.74, 6) is 0.479. The van der Waals surface area contributed by atoms with E-state index in [1.165, 1.54) is 22.9 Å². The summed E-state index contributed by atoms with van der Waals surface area (Å²) in [6, 6.07) is 11.8. The third-order valence-electron chi connectivity index (χ3n) is 4.40. The van der Waals surface area contributed by atoms with Crippen LogP contribution in [0.5, 0.6) is 0 Å². The van der Waals surface area contributed by atoms with Crippen LogP contribution in [0.25, 0.3) is 28.6 Å². The van der Waals surface area contributed by atoms with Crippen molar-refractivity contribution >= 4 is 33.3 Å². The highest BCUT2D eigenvalue weighted by Crippen LogP contribution is 2.34. The molecule has 0 aliphatic rings. The first-order chi connectivity index (χ1) is 14.4. The lowest BCUT2D eigenvalue weighted by molar-refractivity contribution is 0.585. The second kappa shape index (κ2) is 8.04. The number of nitrogens with one attached hydrogen (secondary N) is 1. The highest BCUT2D eigenvalue weighted by Gasteiger charge is 2.21. The topological polar surface area (TPSA) is 73.0 Å². The first-order valence-electron chi connectivity index (χ1n) is 8.88. The van der Waals surface area contributed by atoms with Gasteiger partial charge in [0.1, 0.15) is 11.6 Å². The molecule has 0 unspecified atom stereocenters. The maximum Gasteiger partial charge on any atom is 0.355 e. The molecule has 4 rings (SSSR count). The van der Waals surface area contributed by atoms with Crippen molar-refractivity contribution in [1.29, 1.82) is 0 Å². The van der Waals surface area contributed by atoms with E-state index >= 15 is 0 Å². The number of rotatable bonds is 4. The number of aryl methyl sites for hydroxylation is 1. The molecule has 152 valence electrons. The zero-order chi connectivity index (χ0) is 21.4. The predicted octanol–water partition coefficient (Wildman–Crippen LogP) is 5.46. The highest BCUT2D eigenvalue weighted by molar-refractivity contribution is 9.10. The zero-order valence-electron chi connectivity index (χ0n) is 15.9. The van der Waals surface area contributed by atoms with E-state index in [0.29, 0.717) is 21.7 Å². The standard InChI is InChI=1S/C21H15BrClFN4O2/c1-11-4-3-5-13(8-11)20-27-19(28-10-14(22)18(25-2)26-21(28)29)17(30-20)12-6-7-15(23)16(24)9-12/h3-10H,1-2H3,(H,25,26,29). The summed E-state index contributed by atoms with van der Waals surface area (Å²) in [6.07, 6.45) is 1.54. The number of halogens is 3. The average molecular weight is 490 g/mol. The van der Waals surface area contributed by atoms with Gasteiger partial charge in [-0.05, 0) is 53.2 Å². The Hall–Kier alpha value is -2.97. The van der Waals surface area contributed by atoms with Crippen LogP contribution >= 0.6 is 27.5 Å². The third-order valence-corrected chi connectivity index (χ3v) is 5.29. The molecule has 2 heterocycles. The number of nitrogens with zero attached hydrogens (tertiary/aromatic N) is 3. The van der Waals surface area contributed by atoms with E-state index in [9.17, 15) is 9.18 Å². The molecule has 0 saturated heterocycles. The van der Waals surface area contributed by atoms with Crippen molar-refractivity contribution in [2.24, 2.45) is 0 Å². The van der Waals surface area contributed by atoms with Crippen molar-refractivity contribution in [2.45, 2.75) is 6.92 Å². The van der Waals surface area contributed by atoms with Crippen molar-refractivity contribution in [2.75, 3.05) is 12.4 Å². The van der Waals surface area contributed by atoms with E-state index in [1.807, 2.05) is 31.2 Å². The summed E-state index contributed by atoms with van der Waals surface area (Å²) in [7, 11) is 1.66. The fourth-order valence-electron chi connectivity index (χ4n) is 2.96. The van der Waals surface area contributed by atoms with Crippen molar-refractivity contribution in [3.05, 3.63) is 80.0 Å². The minimum Gasteiger partial charge on any atom is -0.434 e. The maximum atomic E-state index is 14.1. The fraction of sp³-hybridized carbons (Fsp3) is 0.0952. The van der Waals surface area contributed by atoms with Crippen LogP contribution in [0.15, 0.2) is 62.3 Å². The number of oxazole rings is 1. The Morgan fingerprint density at radius 3 is 2.67 bits per heavy atom. The smallest absolute Gasteiger partial charge is 0.355 e. The molecular formula is C21H15BrClFN4O2. The lowest BCUT2D eigenvalue weighted by Gasteiger charge is -2.07. The zero-order valence-corrected chi connectivity index (χ0v) is 18.3. The SMILES string of the molecule is CNc1nc(=O)n(-c2nc(-c3cccc(C)c3)oc2-c2ccc(Cl)c(F)c2)cc1Br. The second-order valence-corrected chi connectivity index (χ2v) is 7.77. The first kappa shape index (κ1) is 20.3. The first-order valence-corrected chi connectivity index (χ1v) is 10.0. The second-order valence-electron chi connectivity index (χ2n) is 6.51. The van der Waals surface area contributed by atoms with Gasteiger partial charge in [-0.2, -0.15) is 9.97 Å². The van der Waals surface area contributed by atoms with Crippen LogP contribution in [0.3, 0.4) is 0 Å². The van der Waals surface area contributed by atoms with E-state index < -0.39 is 11.5 Å². The van der Waals surface area contributed by atoms with Gasteiger partial charge >= 0.3 is 5.69 Å². The number of hydrogen-bond donors (Lipinski definition) is 1. The fourth-order valence-corrected chi connectivity index (χ4v) is 3.57. The molecular weight excluding hydrogens is 475 g/mol. The lowest BCUT2D eigenvalue weighted by Crippen LogP contribution is -2.23. The van der Waals surface area contributed by atoms with Gasteiger partial charge in [0.15, 0.2) is 11.6 Å². The van der Waals surface area contributed by atoms with E-state index in [1.54, 1.807) is 13.1 Å². The van der Waals surface area contributed by atoms with Crippen LogP contribution in [0, 0.1) is 12.7 Å². The normalized spacial score (nSPS) is 11.0. The van der Waals surface area contributed by atoms with Crippen molar-refractivity contribution in [1.82, 2.24) is 14.5 Å². The predicted molar refractivity (Wildman–Crippen MR) is 118 cm³/mol. The number of benzene rings is 2. The molecule has 0 bridgehead atoms. The number of hydrogen-bond acceptors (Lipinski definition) is 5. The molecule has 2 aromatic heterocycles. The van der Waals surface area contributed by atoms with Crippen LogP contribution in [-0.2, 0) is 0 Å². The molecule has 0 amide bonds. The van der Waals surface area contributed by atoms with Crippen LogP contribution in [0.2, 0.25) is 5.02 Å². The minimum atomic E-state index is -0.606. The van der Waals surface area contributed by atoms with E-state index in [4.69, 9.17) is 16.0 Å². The lowest BCUT2D eigenvalue weighted by atomic mass is 10.1. The largest absolute Gasteiger partial charge is 0.434 e. The maximum absolute atomic E-state index is 14.1. The summed E-state index contributed by atoms with van der Waals surface area (Å²) in [5, 5.41) is 2.82. The van der Waals surface area contributed by atoms with E-state index in [0.717, 1.165) is 11.1 Å². The summed E-state index contributed by atoms with van der Waals surface area (Å²) >= 11 is 9.20. The molecule has 0 spiro atoms. The molecule has 0 saturated carbocycles. The van der Waals surface area contributed by atoms with Gasteiger partial charge in [-0.15, -0.1) is 0 Å². The summed E-state index contributed by atoms with van der Waals surface area (Å²) in [6.45, 7) is 1.95. The molecule has 0 aliphatic heterocycles. The summed E-state index contributed by atoms with van der Waals surface area (Å²) in [5.41, 5.74) is 1.57.